The zero-order valence-corrected chi connectivity index (χ0v) is 11.5. The van der Waals surface area contributed by atoms with Crippen molar-refractivity contribution in [3.05, 3.63) is 66.8 Å². The third-order valence-electron chi connectivity index (χ3n) is 3.74. The molecule has 1 heteroatoms. The van der Waals surface area contributed by atoms with E-state index in [1.54, 1.807) is 4.91 Å². The lowest BCUT2D eigenvalue weighted by molar-refractivity contribution is 1.08. The van der Waals surface area contributed by atoms with E-state index < -0.39 is 0 Å². The number of benzene rings is 2. The van der Waals surface area contributed by atoms with Gasteiger partial charge in [0, 0.05) is 27.7 Å². The zero-order chi connectivity index (χ0) is 12.7. The average Bonchev–Trinajstić information content (AvgIpc) is 2.83. The molecule has 19 heavy (non-hydrogen) atoms. The predicted molar refractivity (Wildman–Crippen MR) is 86.6 cm³/mol. The highest BCUT2D eigenvalue weighted by molar-refractivity contribution is 7.53. The molecule has 0 fully saturated rings. The van der Waals surface area contributed by atoms with Crippen LogP contribution >= 0.6 is 10.5 Å². The van der Waals surface area contributed by atoms with Crippen molar-refractivity contribution >= 4 is 35.5 Å². The molecule has 1 aliphatic carbocycles. The minimum atomic E-state index is 0.146. The molecule has 0 saturated heterocycles. The van der Waals surface area contributed by atoms with Crippen LogP contribution in [0.4, 0.5) is 0 Å². The van der Waals surface area contributed by atoms with Crippen LogP contribution in [0.5, 0.6) is 0 Å². The van der Waals surface area contributed by atoms with Crippen molar-refractivity contribution in [2.24, 2.45) is 0 Å². The van der Waals surface area contributed by atoms with Gasteiger partial charge in [0.15, 0.2) is 14.3 Å². The quantitative estimate of drug-likeness (QED) is 0.477. The summed E-state index contributed by atoms with van der Waals surface area (Å²) in [6.07, 6.45) is 9.18. The lowest BCUT2D eigenvalue weighted by Crippen LogP contribution is -1.80. The SMILES string of the molecule is C1=CCCC([s+]2c3ccccc3c3ccccc32)=C1. The molecule has 0 amide bonds. The Labute approximate surface area is 115 Å². The molecule has 0 nitrogen and oxygen atoms in total. The van der Waals surface area contributed by atoms with E-state index in [4.69, 9.17) is 0 Å². The summed E-state index contributed by atoms with van der Waals surface area (Å²) in [5.41, 5.74) is 0. The van der Waals surface area contributed by atoms with Crippen LogP contribution < -0.4 is 0 Å². The Morgan fingerprint density at radius 2 is 1.42 bits per heavy atom. The third-order valence-corrected chi connectivity index (χ3v) is 6.20. The Morgan fingerprint density at radius 3 is 2.00 bits per heavy atom. The first-order chi connectivity index (χ1) is 9.45. The van der Waals surface area contributed by atoms with E-state index in [-0.39, 0.29) is 10.5 Å². The van der Waals surface area contributed by atoms with Crippen molar-refractivity contribution < 1.29 is 0 Å². The molecule has 3 aromatic rings. The van der Waals surface area contributed by atoms with Gasteiger partial charge in [-0.25, -0.2) is 0 Å². The fourth-order valence-electron chi connectivity index (χ4n) is 2.89. The molecule has 0 atom stereocenters. The smallest absolute Gasteiger partial charge is 0.0838 e. The highest BCUT2D eigenvalue weighted by atomic mass is 32.2. The Morgan fingerprint density at radius 1 is 0.789 bits per heavy atom. The highest BCUT2D eigenvalue weighted by Crippen LogP contribution is 2.49. The van der Waals surface area contributed by atoms with Gasteiger partial charge in [0.25, 0.3) is 0 Å². The van der Waals surface area contributed by atoms with Crippen molar-refractivity contribution in [1.29, 1.82) is 0 Å². The van der Waals surface area contributed by atoms with Crippen LogP contribution in [0.15, 0.2) is 66.8 Å². The van der Waals surface area contributed by atoms with Crippen molar-refractivity contribution in [1.82, 2.24) is 0 Å². The maximum Gasteiger partial charge on any atom is 0.187 e. The van der Waals surface area contributed by atoms with E-state index in [0.29, 0.717) is 0 Å². The lowest BCUT2D eigenvalue weighted by Gasteiger charge is -2.01. The van der Waals surface area contributed by atoms with E-state index in [0.717, 1.165) is 0 Å². The summed E-state index contributed by atoms with van der Waals surface area (Å²) in [4.78, 5) is 1.58. The minimum Gasteiger partial charge on any atom is -0.0838 e. The summed E-state index contributed by atoms with van der Waals surface area (Å²) in [5, 5.41) is 2.86. The van der Waals surface area contributed by atoms with E-state index in [2.05, 4.69) is 66.8 Å². The minimum absolute atomic E-state index is 0.146. The second-order valence-corrected chi connectivity index (χ2v) is 6.91. The van der Waals surface area contributed by atoms with Crippen LogP contribution in [0, 0.1) is 0 Å². The maximum absolute atomic E-state index is 2.32. The first-order valence-electron chi connectivity index (χ1n) is 6.73. The first-order valence-corrected chi connectivity index (χ1v) is 7.96. The third kappa shape index (κ3) is 1.66. The van der Waals surface area contributed by atoms with Crippen molar-refractivity contribution in [3.63, 3.8) is 0 Å². The molecular formula is C18H15S+. The van der Waals surface area contributed by atoms with Gasteiger partial charge in [0.05, 0.1) is 0 Å². The Hall–Kier alpha value is -1.86. The maximum atomic E-state index is 2.32. The van der Waals surface area contributed by atoms with Gasteiger partial charge in [-0.05, 0) is 36.8 Å². The van der Waals surface area contributed by atoms with Gasteiger partial charge in [0.1, 0.15) is 0 Å². The molecule has 1 heterocycles. The molecule has 4 rings (SSSR count). The Balaban J connectivity index is 2.16. The van der Waals surface area contributed by atoms with Crippen molar-refractivity contribution in [2.45, 2.75) is 12.8 Å². The molecule has 0 bridgehead atoms. The van der Waals surface area contributed by atoms with E-state index in [1.165, 1.54) is 33.0 Å². The monoisotopic (exact) mass is 263 g/mol. The standard InChI is InChI=1S/C18H15S/c1-2-8-14(9-3-1)19-17-12-6-4-10-15(17)16-11-5-7-13-18(16)19/h1-2,4-8,10-13H,3,9H2/q+1. The molecule has 92 valence electrons. The largest absolute Gasteiger partial charge is 0.187 e. The summed E-state index contributed by atoms with van der Waals surface area (Å²) in [6.45, 7) is 0. The van der Waals surface area contributed by atoms with Gasteiger partial charge in [-0.3, -0.25) is 0 Å². The zero-order valence-electron chi connectivity index (χ0n) is 10.7. The van der Waals surface area contributed by atoms with Gasteiger partial charge in [0.2, 0.25) is 0 Å². The molecule has 2 aromatic carbocycles. The molecule has 0 aliphatic heterocycles. The highest BCUT2D eigenvalue weighted by Gasteiger charge is 2.24. The first kappa shape index (κ1) is 11.0. The van der Waals surface area contributed by atoms with Crippen LogP contribution in [0.25, 0.3) is 25.1 Å². The molecule has 0 saturated carbocycles. The van der Waals surface area contributed by atoms with Crippen LogP contribution in [-0.4, -0.2) is 0 Å². The molecule has 1 aliphatic rings. The van der Waals surface area contributed by atoms with Crippen molar-refractivity contribution in [2.75, 3.05) is 0 Å². The second-order valence-electron chi connectivity index (χ2n) is 4.90. The van der Waals surface area contributed by atoms with Crippen LogP contribution in [0.2, 0.25) is 0 Å². The number of hydrogen-bond donors (Lipinski definition) is 0. The van der Waals surface area contributed by atoms with E-state index in [9.17, 15) is 0 Å². The van der Waals surface area contributed by atoms with Gasteiger partial charge < -0.3 is 0 Å². The number of thiophene rings is 1. The molecule has 0 spiro atoms. The van der Waals surface area contributed by atoms with Crippen molar-refractivity contribution in [3.8, 4) is 0 Å². The summed E-state index contributed by atoms with van der Waals surface area (Å²) in [6, 6.07) is 17.8. The number of allylic oxidation sites excluding steroid dienone is 4. The topological polar surface area (TPSA) is 0 Å². The van der Waals surface area contributed by atoms with E-state index >= 15 is 0 Å². The second kappa shape index (κ2) is 4.36. The Bertz CT molecular complexity index is 765. The van der Waals surface area contributed by atoms with Crippen LogP contribution in [0.1, 0.15) is 12.8 Å². The number of rotatable bonds is 1. The fraction of sp³-hybridized carbons (Fsp3) is 0.111. The molecule has 0 radical (unpaired) electrons. The summed E-state index contributed by atoms with van der Waals surface area (Å²) >= 11 is 0. The summed E-state index contributed by atoms with van der Waals surface area (Å²) in [7, 11) is 0.146. The van der Waals surface area contributed by atoms with E-state index in [1.807, 2.05) is 0 Å². The van der Waals surface area contributed by atoms with Crippen LogP contribution in [0.3, 0.4) is 0 Å². The molecular weight excluding hydrogens is 248 g/mol. The van der Waals surface area contributed by atoms with Gasteiger partial charge in [-0.15, -0.1) is 0 Å². The van der Waals surface area contributed by atoms with Gasteiger partial charge in [-0.2, -0.15) is 0 Å². The normalized spacial score (nSPS) is 15.1. The average molecular weight is 263 g/mol. The molecule has 0 unspecified atom stereocenters. The Kier molecular flexibility index (Phi) is 2.52. The number of hydrogen-bond acceptors (Lipinski definition) is 0. The van der Waals surface area contributed by atoms with Gasteiger partial charge >= 0.3 is 0 Å². The molecule has 0 N–H and O–H groups in total. The predicted octanol–water partition coefficient (Wildman–Crippen LogP) is 5.93. The fourth-order valence-corrected chi connectivity index (χ4v) is 5.45. The lowest BCUT2D eigenvalue weighted by atomic mass is 10.2. The molecule has 1 aromatic heterocycles. The van der Waals surface area contributed by atoms with Crippen LogP contribution in [-0.2, 0) is 0 Å². The van der Waals surface area contributed by atoms with Gasteiger partial charge in [-0.1, -0.05) is 36.4 Å². The number of fused-ring (bicyclic) bond motifs is 3. The summed E-state index contributed by atoms with van der Waals surface area (Å²) < 4.78 is 3.01. The summed E-state index contributed by atoms with van der Waals surface area (Å²) in [5.74, 6) is 0.